The predicted molar refractivity (Wildman–Crippen MR) is 65.3 cm³/mol. The number of H-pyrrole nitrogens is 1. The van der Waals surface area contributed by atoms with Gasteiger partial charge in [0.25, 0.3) is 0 Å². The van der Waals surface area contributed by atoms with Crippen LogP contribution in [-0.2, 0) is 0 Å². The van der Waals surface area contributed by atoms with Gasteiger partial charge in [-0.15, -0.1) is 0 Å². The summed E-state index contributed by atoms with van der Waals surface area (Å²) < 4.78 is 0. The fourth-order valence-corrected chi connectivity index (χ4v) is 2.45. The summed E-state index contributed by atoms with van der Waals surface area (Å²) in [4.78, 5) is 11.1. The highest BCUT2D eigenvalue weighted by atomic mass is 16.4. The van der Waals surface area contributed by atoms with Gasteiger partial charge in [-0.05, 0) is 25.7 Å². The van der Waals surface area contributed by atoms with Crippen LogP contribution < -0.4 is 5.32 Å². The number of carbonyl (C=O) groups is 1. The van der Waals surface area contributed by atoms with E-state index in [0.717, 1.165) is 6.54 Å². The lowest BCUT2D eigenvalue weighted by molar-refractivity contribution is 0.0697. The first kappa shape index (κ1) is 12.0. The molecule has 1 saturated carbocycles. The lowest BCUT2D eigenvalue weighted by atomic mass is 9.89. The van der Waals surface area contributed by atoms with E-state index in [1.807, 2.05) is 0 Å². The van der Waals surface area contributed by atoms with Gasteiger partial charge >= 0.3 is 5.97 Å². The van der Waals surface area contributed by atoms with Gasteiger partial charge in [0, 0.05) is 12.2 Å². The van der Waals surface area contributed by atoms with Crippen LogP contribution in [0.15, 0.2) is 0 Å². The maximum atomic E-state index is 11.1. The van der Waals surface area contributed by atoms with Crippen LogP contribution in [0.1, 0.15) is 48.2 Å². The molecule has 3 N–H and O–H groups in total. The molecule has 1 fully saturated rings. The molecule has 2 rings (SSSR count). The van der Waals surface area contributed by atoms with Gasteiger partial charge in [-0.2, -0.15) is 5.10 Å². The van der Waals surface area contributed by atoms with Crippen LogP contribution in [0.4, 0.5) is 5.82 Å². The summed E-state index contributed by atoms with van der Waals surface area (Å²) in [5.74, 6) is 0.199. The highest BCUT2D eigenvalue weighted by Gasteiger charge is 2.19. The van der Waals surface area contributed by atoms with Gasteiger partial charge in [-0.1, -0.05) is 19.3 Å². The fourth-order valence-electron chi connectivity index (χ4n) is 2.45. The Kier molecular flexibility index (Phi) is 3.66. The Morgan fingerprint density at radius 1 is 1.47 bits per heavy atom. The summed E-state index contributed by atoms with van der Waals surface area (Å²) in [6.07, 6.45) is 6.38. The quantitative estimate of drug-likeness (QED) is 0.751. The smallest absolute Gasteiger partial charge is 0.341 e. The van der Waals surface area contributed by atoms with Crippen molar-refractivity contribution < 1.29 is 9.90 Å². The number of rotatable bonds is 4. The van der Waals surface area contributed by atoms with E-state index in [9.17, 15) is 4.79 Å². The third-order valence-electron chi connectivity index (χ3n) is 3.44. The number of anilines is 1. The Bertz CT molecular complexity index is 394. The number of nitrogens with zero attached hydrogens (tertiary/aromatic N) is 1. The van der Waals surface area contributed by atoms with Crippen LogP contribution in [-0.4, -0.2) is 27.8 Å². The summed E-state index contributed by atoms with van der Waals surface area (Å²) >= 11 is 0. The number of aromatic carboxylic acids is 1. The van der Waals surface area contributed by atoms with Gasteiger partial charge in [0.05, 0.1) is 0 Å². The normalized spacial score (nSPS) is 17.0. The molecular weight excluding hydrogens is 218 g/mol. The van der Waals surface area contributed by atoms with Gasteiger partial charge in [0.2, 0.25) is 0 Å². The molecule has 0 amide bonds. The number of hydrogen-bond acceptors (Lipinski definition) is 3. The van der Waals surface area contributed by atoms with Crippen molar-refractivity contribution in [3.63, 3.8) is 0 Å². The zero-order valence-electron chi connectivity index (χ0n) is 10.1. The number of carboxylic acids is 1. The molecule has 1 aromatic rings. The largest absolute Gasteiger partial charge is 0.477 e. The molecule has 0 bridgehead atoms. The monoisotopic (exact) mass is 237 g/mol. The minimum atomic E-state index is -0.928. The van der Waals surface area contributed by atoms with Crippen LogP contribution in [0.25, 0.3) is 0 Å². The first-order valence-corrected chi connectivity index (χ1v) is 6.20. The zero-order valence-corrected chi connectivity index (χ0v) is 10.1. The second kappa shape index (κ2) is 5.21. The lowest BCUT2D eigenvalue weighted by Gasteiger charge is -2.21. The molecule has 0 atom stereocenters. The van der Waals surface area contributed by atoms with E-state index in [0.29, 0.717) is 17.4 Å². The Morgan fingerprint density at radius 2 is 2.18 bits per heavy atom. The van der Waals surface area contributed by atoms with Crippen molar-refractivity contribution in [1.82, 2.24) is 10.2 Å². The van der Waals surface area contributed by atoms with Gasteiger partial charge in [-0.25, -0.2) is 4.79 Å². The van der Waals surface area contributed by atoms with E-state index < -0.39 is 5.97 Å². The lowest BCUT2D eigenvalue weighted by Crippen LogP contribution is -2.18. The molecule has 0 aliphatic heterocycles. The van der Waals surface area contributed by atoms with Crippen LogP contribution in [0, 0.1) is 12.8 Å². The highest BCUT2D eigenvalue weighted by molar-refractivity contribution is 5.94. The molecule has 94 valence electrons. The van der Waals surface area contributed by atoms with E-state index in [2.05, 4.69) is 15.5 Å². The minimum Gasteiger partial charge on any atom is -0.477 e. The number of aromatic amines is 1. The maximum absolute atomic E-state index is 11.1. The van der Waals surface area contributed by atoms with Crippen LogP contribution in [0.5, 0.6) is 0 Å². The van der Waals surface area contributed by atoms with Gasteiger partial charge < -0.3 is 10.4 Å². The molecule has 5 nitrogen and oxygen atoms in total. The summed E-state index contributed by atoms with van der Waals surface area (Å²) in [5.41, 5.74) is 0.865. The third-order valence-corrected chi connectivity index (χ3v) is 3.44. The first-order valence-electron chi connectivity index (χ1n) is 6.20. The Balaban J connectivity index is 1.96. The van der Waals surface area contributed by atoms with Gasteiger partial charge in [0.1, 0.15) is 5.56 Å². The molecule has 0 unspecified atom stereocenters. The van der Waals surface area contributed by atoms with Crippen molar-refractivity contribution in [2.24, 2.45) is 5.92 Å². The van der Waals surface area contributed by atoms with E-state index in [1.165, 1.54) is 32.1 Å². The molecule has 0 aromatic carbocycles. The summed E-state index contributed by atoms with van der Waals surface area (Å²) in [6.45, 7) is 2.55. The van der Waals surface area contributed by atoms with Crippen LogP contribution >= 0.6 is 0 Å². The molecule has 1 aromatic heterocycles. The van der Waals surface area contributed by atoms with Crippen LogP contribution in [0.3, 0.4) is 0 Å². The molecule has 1 aliphatic rings. The van der Waals surface area contributed by atoms with Gasteiger partial charge in [-0.3, -0.25) is 5.10 Å². The van der Waals surface area contributed by atoms with Crippen molar-refractivity contribution in [3.8, 4) is 0 Å². The molecule has 5 heteroatoms. The van der Waals surface area contributed by atoms with E-state index in [4.69, 9.17) is 5.11 Å². The van der Waals surface area contributed by atoms with E-state index in [-0.39, 0.29) is 5.56 Å². The molecule has 0 saturated heterocycles. The van der Waals surface area contributed by atoms with Crippen molar-refractivity contribution in [3.05, 3.63) is 11.3 Å². The standard InChI is InChI=1S/C12H19N3O2/c1-8-10(12(16)17)11(15-14-8)13-7-9-5-3-2-4-6-9/h9H,2-7H2,1H3,(H,16,17)(H2,13,14,15). The second-order valence-corrected chi connectivity index (χ2v) is 4.76. The molecule has 1 heterocycles. The first-order chi connectivity index (χ1) is 8.18. The number of aromatic nitrogens is 2. The average Bonchev–Trinajstić information content (AvgIpc) is 2.69. The second-order valence-electron chi connectivity index (χ2n) is 4.76. The van der Waals surface area contributed by atoms with Crippen molar-refractivity contribution in [2.45, 2.75) is 39.0 Å². The molecular formula is C12H19N3O2. The molecule has 1 aliphatic carbocycles. The fraction of sp³-hybridized carbons (Fsp3) is 0.667. The maximum Gasteiger partial charge on any atom is 0.341 e. The van der Waals surface area contributed by atoms with E-state index in [1.54, 1.807) is 6.92 Å². The number of carboxylic acid groups (broad SMARTS) is 1. The Morgan fingerprint density at radius 3 is 2.82 bits per heavy atom. The number of nitrogens with one attached hydrogen (secondary N) is 2. The van der Waals surface area contributed by atoms with E-state index >= 15 is 0 Å². The summed E-state index contributed by atoms with van der Waals surface area (Å²) in [5, 5.41) is 19.0. The van der Waals surface area contributed by atoms with Crippen molar-refractivity contribution in [1.29, 1.82) is 0 Å². The Hall–Kier alpha value is -1.52. The average molecular weight is 237 g/mol. The Labute approximate surface area is 101 Å². The third kappa shape index (κ3) is 2.78. The van der Waals surface area contributed by atoms with Crippen molar-refractivity contribution in [2.75, 3.05) is 11.9 Å². The van der Waals surface area contributed by atoms with Crippen LogP contribution in [0.2, 0.25) is 0 Å². The van der Waals surface area contributed by atoms with Gasteiger partial charge in [0.15, 0.2) is 5.82 Å². The summed E-state index contributed by atoms with van der Waals surface area (Å²) in [7, 11) is 0. The summed E-state index contributed by atoms with van der Waals surface area (Å²) in [6, 6.07) is 0. The number of aryl methyl sites for hydroxylation is 1. The molecule has 0 radical (unpaired) electrons. The topological polar surface area (TPSA) is 78.0 Å². The predicted octanol–water partition coefficient (Wildman–Crippen LogP) is 2.41. The van der Waals surface area contributed by atoms with Crippen molar-refractivity contribution >= 4 is 11.8 Å². The minimum absolute atomic E-state index is 0.265. The molecule has 0 spiro atoms. The highest BCUT2D eigenvalue weighted by Crippen LogP contribution is 2.24. The molecule has 17 heavy (non-hydrogen) atoms. The number of hydrogen-bond donors (Lipinski definition) is 3. The SMILES string of the molecule is Cc1[nH]nc(NCC2CCCCC2)c1C(=O)O. The zero-order chi connectivity index (χ0) is 12.3.